The fourth-order valence-electron chi connectivity index (χ4n) is 2.97. The van der Waals surface area contributed by atoms with E-state index in [1.807, 2.05) is 17.1 Å². The normalized spacial score (nSPS) is 19.2. The first kappa shape index (κ1) is 15.3. The highest BCUT2D eigenvalue weighted by Gasteiger charge is 2.24. The van der Waals surface area contributed by atoms with Crippen LogP contribution in [0.4, 0.5) is 4.39 Å². The molecule has 24 heavy (non-hydrogen) atoms. The number of ether oxygens (including phenoxy) is 1. The van der Waals surface area contributed by atoms with Gasteiger partial charge in [0.2, 0.25) is 5.89 Å². The second kappa shape index (κ2) is 6.33. The predicted molar refractivity (Wildman–Crippen MR) is 85.8 cm³/mol. The standard InChI is InChI=1S/C17H19FN4O2/c1-2-22-9-12(8-19-22)16-10-21(5-6-23-16)11-17-20-14-7-13(18)3-4-15(14)24-17/h3-4,7-9,16H,2,5-6,10-11H2,1H3/t16-/m0/s1. The molecule has 4 rings (SSSR count). The molecule has 1 atom stereocenters. The molecule has 6 nitrogen and oxygen atoms in total. The molecule has 0 spiro atoms. The lowest BCUT2D eigenvalue weighted by molar-refractivity contribution is -0.0350. The van der Waals surface area contributed by atoms with Gasteiger partial charge in [-0.15, -0.1) is 0 Å². The highest BCUT2D eigenvalue weighted by Crippen LogP contribution is 2.24. The lowest BCUT2D eigenvalue weighted by Crippen LogP contribution is -2.37. The predicted octanol–water partition coefficient (Wildman–Crippen LogP) is 2.76. The van der Waals surface area contributed by atoms with Gasteiger partial charge < -0.3 is 9.15 Å². The van der Waals surface area contributed by atoms with Crippen molar-refractivity contribution in [1.82, 2.24) is 19.7 Å². The summed E-state index contributed by atoms with van der Waals surface area (Å²) in [5.41, 5.74) is 2.25. The Morgan fingerprint density at radius 3 is 3.12 bits per heavy atom. The topological polar surface area (TPSA) is 56.3 Å². The molecular formula is C17H19FN4O2. The van der Waals surface area contributed by atoms with E-state index in [4.69, 9.17) is 9.15 Å². The van der Waals surface area contributed by atoms with Crippen LogP contribution >= 0.6 is 0 Å². The van der Waals surface area contributed by atoms with E-state index in [-0.39, 0.29) is 11.9 Å². The summed E-state index contributed by atoms with van der Waals surface area (Å²) in [6, 6.07) is 4.39. The molecule has 3 heterocycles. The Balaban J connectivity index is 1.47. The number of fused-ring (bicyclic) bond motifs is 1. The molecule has 0 radical (unpaired) electrons. The van der Waals surface area contributed by atoms with Gasteiger partial charge in [0, 0.05) is 37.5 Å². The van der Waals surface area contributed by atoms with Crippen LogP contribution in [0.5, 0.6) is 0 Å². The molecule has 1 fully saturated rings. The first-order valence-electron chi connectivity index (χ1n) is 8.12. The molecule has 0 amide bonds. The zero-order chi connectivity index (χ0) is 16.5. The number of oxazole rings is 1. The zero-order valence-electron chi connectivity index (χ0n) is 13.5. The molecule has 1 aliphatic rings. The molecular weight excluding hydrogens is 311 g/mol. The maximum atomic E-state index is 13.3. The number of hydrogen-bond donors (Lipinski definition) is 0. The van der Waals surface area contributed by atoms with Crippen molar-refractivity contribution < 1.29 is 13.5 Å². The molecule has 3 aromatic rings. The third kappa shape index (κ3) is 3.05. The maximum Gasteiger partial charge on any atom is 0.209 e. The highest BCUT2D eigenvalue weighted by molar-refractivity contribution is 5.72. The zero-order valence-corrected chi connectivity index (χ0v) is 13.5. The highest BCUT2D eigenvalue weighted by atomic mass is 19.1. The Morgan fingerprint density at radius 1 is 1.38 bits per heavy atom. The number of morpholine rings is 1. The number of benzene rings is 1. The molecule has 0 unspecified atom stereocenters. The fourth-order valence-corrected chi connectivity index (χ4v) is 2.97. The summed E-state index contributed by atoms with van der Waals surface area (Å²) in [5.74, 6) is 0.294. The minimum atomic E-state index is -0.304. The average molecular weight is 330 g/mol. The van der Waals surface area contributed by atoms with Crippen molar-refractivity contribution in [3.63, 3.8) is 0 Å². The fraction of sp³-hybridized carbons (Fsp3) is 0.412. The van der Waals surface area contributed by atoms with E-state index in [0.29, 0.717) is 30.1 Å². The smallest absolute Gasteiger partial charge is 0.209 e. The van der Waals surface area contributed by atoms with Crippen molar-refractivity contribution >= 4 is 11.1 Å². The van der Waals surface area contributed by atoms with Gasteiger partial charge in [0.15, 0.2) is 5.58 Å². The van der Waals surface area contributed by atoms with Crippen LogP contribution in [0, 0.1) is 5.82 Å². The largest absolute Gasteiger partial charge is 0.439 e. The molecule has 7 heteroatoms. The quantitative estimate of drug-likeness (QED) is 0.736. The molecule has 0 N–H and O–H groups in total. The van der Waals surface area contributed by atoms with Crippen molar-refractivity contribution in [3.8, 4) is 0 Å². The number of nitrogens with zero attached hydrogens (tertiary/aromatic N) is 4. The molecule has 1 aromatic carbocycles. The van der Waals surface area contributed by atoms with Crippen molar-refractivity contribution in [2.45, 2.75) is 26.1 Å². The van der Waals surface area contributed by atoms with Crippen LogP contribution in [-0.2, 0) is 17.8 Å². The van der Waals surface area contributed by atoms with Gasteiger partial charge in [-0.3, -0.25) is 9.58 Å². The van der Waals surface area contributed by atoms with Gasteiger partial charge in [-0.05, 0) is 19.1 Å². The van der Waals surface area contributed by atoms with Gasteiger partial charge in [0.05, 0.1) is 25.5 Å². The van der Waals surface area contributed by atoms with Crippen LogP contribution in [0.2, 0.25) is 0 Å². The third-order valence-electron chi connectivity index (χ3n) is 4.25. The molecule has 2 aromatic heterocycles. The molecule has 1 aliphatic heterocycles. The van der Waals surface area contributed by atoms with E-state index in [1.165, 1.54) is 12.1 Å². The Morgan fingerprint density at radius 2 is 2.29 bits per heavy atom. The average Bonchev–Trinajstić information content (AvgIpc) is 3.21. The Labute approximate surface area is 138 Å². The van der Waals surface area contributed by atoms with Gasteiger partial charge >= 0.3 is 0 Å². The number of halogens is 1. The van der Waals surface area contributed by atoms with E-state index in [1.54, 1.807) is 6.07 Å². The number of rotatable bonds is 4. The van der Waals surface area contributed by atoms with Crippen molar-refractivity contribution in [2.75, 3.05) is 19.7 Å². The first-order chi connectivity index (χ1) is 11.7. The van der Waals surface area contributed by atoms with Crippen molar-refractivity contribution in [1.29, 1.82) is 0 Å². The Bertz CT molecular complexity index is 844. The molecule has 0 saturated carbocycles. The van der Waals surface area contributed by atoms with Crippen molar-refractivity contribution in [2.24, 2.45) is 0 Å². The lowest BCUT2D eigenvalue weighted by Gasteiger charge is -2.31. The maximum absolute atomic E-state index is 13.3. The SMILES string of the molecule is CCn1cc([C@@H]2CN(Cc3nc4cc(F)ccc4o3)CCO2)cn1. The summed E-state index contributed by atoms with van der Waals surface area (Å²) in [6.07, 6.45) is 3.89. The van der Waals surface area contributed by atoms with Gasteiger partial charge in [0.25, 0.3) is 0 Å². The Kier molecular flexibility index (Phi) is 4.03. The number of aryl methyl sites for hydroxylation is 1. The van der Waals surface area contributed by atoms with Gasteiger partial charge in [-0.2, -0.15) is 5.10 Å². The summed E-state index contributed by atoms with van der Waals surface area (Å²) < 4.78 is 26.7. The van der Waals surface area contributed by atoms with Crippen LogP contribution in [-0.4, -0.2) is 39.4 Å². The summed E-state index contributed by atoms with van der Waals surface area (Å²) in [5, 5.41) is 4.31. The van der Waals surface area contributed by atoms with Gasteiger partial charge in [-0.1, -0.05) is 0 Å². The van der Waals surface area contributed by atoms with Crippen molar-refractivity contribution in [3.05, 3.63) is 47.9 Å². The molecule has 1 saturated heterocycles. The van der Waals surface area contributed by atoms with Crippen LogP contribution in [0.1, 0.15) is 24.5 Å². The van der Waals surface area contributed by atoms with Crippen LogP contribution < -0.4 is 0 Å². The van der Waals surface area contributed by atoms with E-state index in [2.05, 4.69) is 21.9 Å². The van der Waals surface area contributed by atoms with Crippen LogP contribution in [0.3, 0.4) is 0 Å². The first-order valence-corrected chi connectivity index (χ1v) is 8.12. The van der Waals surface area contributed by atoms with E-state index >= 15 is 0 Å². The van der Waals surface area contributed by atoms with E-state index in [9.17, 15) is 4.39 Å². The monoisotopic (exact) mass is 330 g/mol. The molecule has 0 aliphatic carbocycles. The van der Waals surface area contributed by atoms with Gasteiger partial charge in [0.1, 0.15) is 11.3 Å². The van der Waals surface area contributed by atoms with E-state index < -0.39 is 0 Å². The summed E-state index contributed by atoms with van der Waals surface area (Å²) in [4.78, 5) is 6.61. The van der Waals surface area contributed by atoms with Gasteiger partial charge in [-0.25, -0.2) is 9.37 Å². The van der Waals surface area contributed by atoms with Crippen LogP contribution in [0.15, 0.2) is 35.0 Å². The second-order valence-corrected chi connectivity index (χ2v) is 5.94. The number of aromatic nitrogens is 3. The third-order valence-corrected chi connectivity index (χ3v) is 4.25. The number of hydrogen-bond acceptors (Lipinski definition) is 5. The van der Waals surface area contributed by atoms with Crippen LogP contribution in [0.25, 0.3) is 11.1 Å². The minimum Gasteiger partial charge on any atom is -0.439 e. The minimum absolute atomic E-state index is 0.000808. The summed E-state index contributed by atoms with van der Waals surface area (Å²) in [7, 11) is 0. The van der Waals surface area contributed by atoms with E-state index in [0.717, 1.165) is 25.2 Å². The summed E-state index contributed by atoms with van der Waals surface area (Å²) in [6.45, 7) is 5.69. The lowest BCUT2D eigenvalue weighted by atomic mass is 10.1. The molecule has 0 bridgehead atoms. The Hall–Kier alpha value is -2.25. The summed E-state index contributed by atoms with van der Waals surface area (Å²) >= 11 is 0. The molecule has 126 valence electrons. The second-order valence-electron chi connectivity index (χ2n) is 5.94.